The number of aryl methyl sites for hydroxylation is 1. The summed E-state index contributed by atoms with van der Waals surface area (Å²) in [4.78, 5) is 14.8. The summed E-state index contributed by atoms with van der Waals surface area (Å²) in [7, 11) is 0. The number of hydrogen-bond donors (Lipinski definition) is 2. The molecule has 0 saturated carbocycles. The van der Waals surface area contributed by atoms with Crippen LogP contribution in [0.5, 0.6) is 0 Å². The third-order valence-electron chi connectivity index (χ3n) is 1.59. The Balaban J connectivity index is 2.63. The quantitative estimate of drug-likeness (QED) is 0.746. The van der Waals surface area contributed by atoms with Gasteiger partial charge in [0.05, 0.1) is 0 Å². The van der Waals surface area contributed by atoms with E-state index in [1.165, 1.54) is 11.3 Å². The number of aromatic nitrogens is 1. The lowest BCUT2D eigenvalue weighted by atomic mass is 10.3. The molecule has 0 aliphatic rings. The van der Waals surface area contributed by atoms with Crippen LogP contribution in [0.2, 0.25) is 0 Å². The van der Waals surface area contributed by atoms with Crippen LogP contribution < -0.4 is 10.2 Å². The highest BCUT2D eigenvalue weighted by Gasteiger charge is 2.03. The molecule has 1 heterocycles. The van der Waals surface area contributed by atoms with Crippen molar-refractivity contribution in [3.05, 3.63) is 20.2 Å². The topological polar surface area (TPSA) is 44.9 Å². The van der Waals surface area contributed by atoms with E-state index < -0.39 is 0 Å². The van der Waals surface area contributed by atoms with Crippen LogP contribution in [0.3, 0.4) is 0 Å². The molecule has 0 saturated heterocycles. The van der Waals surface area contributed by atoms with Crippen molar-refractivity contribution in [1.82, 2.24) is 10.3 Å². The summed E-state index contributed by atoms with van der Waals surface area (Å²) in [5.41, 5.74) is 0.984. The molecule has 12 heavy (non-hydrogen) atoms. The number of H-pyrrole nitrogens is 1. The molecule has 1 aromatic heterocycles. The van der Waals surface area contributed by atoms with Gasteiger partial charge in [-0.05, 0) is 6.92 Å². The van der Waals surface area contributed by atoms with Gasteiger partial charge in [0, 0.05) is 23.2 Å². The molecule has 68 valence electrons. The van der Waals surface area contributed by atoms with Crippen molar-refractivity contribution in [2.24, 2.45) is 0 Å². The largest absolute Gasteiger partial charge is 0.317 e. The van der Waals surface area contributed by atoms with Gasteiger partial charge < -0.3 is 10.3 Å². The van der Waals surface area contributed by atoms with Crippen molar-refractivity contribution in [2.45, 2.75) is 33.4 Å². The van der Waals surface area contributed by atoms with E-state index in [2.05, 4.69) is 24.1 Å². The molecule has 0 fully saturated rings. The highest BCUT2D eigenvalue weighted by Crippen LogP contribution is 2.06. The van der Waals surface area contributed by atoms with Crippen LogP contribution in [0.4, 0.5) is 0 Å². The summed E-state index contributed by atoms with van der Waals surface area (Å²) in [6.45, 7) is 6.89. The lowest BCUT2D eigenvalue weighted by Crippen LogP contribution is -2.21. The normalized spacial score (nSPS) is 11.0. The monoisotopic (exact) mass is 186 g/mol. The van der Waals surface area contributed by atoms with Crippen molar-refractivity contribution in [3.63, 3.8) is 0 Å². The van der Waals surface area contributed by atoms with Gasteiger partial charge in [0.25, 0.3) is 0 Å². The van der Waals surface area contributed by atoms with E-state index in [0.717, 1.165) is 17.1 Å². The Kier molecular flexibility index (Phi) is 3.05. The summed E-state index contributed by atoms with van der Waals surface area (Å²) >= 11 is 1.28. The third kappa shape index (κ3) is 2.46. The van der Waals surface area contributed by atoms with E-state index in [-0.39, 0.29) is 4.87 Å². The Bertz CT molecular complexity index is 300. The van der Waals surface area contributed by atoms with Gasteiger partial charge in [-0.2, -0.15) is 0 Å². The molecular weight excluding hydrogens is 172 g/mol. The molecule has 0 aliphatic carbocycles. The first kappa shape index (κ1) is 9.48. The molecule has 4 heteroatoms. The lowest BCUT2D eigenvalue weighted by molar-refractivity contribution is 0.591. The average Bonchev–Trinajstić information content (AvgIpc) is 2.26. The smallest absolute Gasteiger partial charge is 0.304 e. The van der Waals surface area contributed by atoms with Crippen molar-refractivity contribution in [1.29, 1.82) is 0 Å². The van der Waals surface area contributed by atoms with Crippen LogP contribution in [-0.4, -0.2) is 11.0 Å². The Labute approximate surface area is 75.8 Å². The van der Waals surface area contributed by atoms with E-state index in [1.54, 1.807) is 0 Å². The first-order chi connectivity index (χ1) is 5.59. The van der Waals surface area contributed by atoms with Crippen molar-refractivity contribution in [2.75, 3.05) is 0 Å². The van der Waals surface area contributed by atoms with Gasteiger partial charge in [-0.15, -0.1) is 0 Å². The van der Waals surface area contributed by atoms with Gasteiger partial charge in [0.1, 0.15) is 0 Å². The molecule has 0 aliphatic heterocycles. The van der Waals surface area contributed by atoms with Crippen LogP contribution in [0, 0.1) is 6.92 Å². The molecule has 0 aromatic carbocycles. The van der Waals surface area contributed by atoms with E-state index in [9.17, 15) is 4.79 Å². The fourth-order valence-electron chi connectivity index (χ4n) is 0.902. The summed E-state index contributed by atoms with van der Waals surface area (Å²) in [5.74, 6) is 0. The molecule has 0 atom stereocenters. The Morgan fingerprint density at radius 1 is 1.58 bits per heavy atom. The maximum absolute atomic E-state index is 10.9. The number of nitrogens with one attached hydrogen (secondary N) is 2. The third-order valence-corrected chi connectivity index (χ3v) is 2.58. The SMILES string of the molecule is Cc1[nH]c(=O)sc1CNC(C)C. The molecule has 1 aromatic rings. The summed E-state index contributed by atoms with van der Waals surface area (Å²) in [6.07, 6.45) is 0. The van der Waals surface area contributed by atoms with Crippen molar-refractivity contribution < 1.29 is 0 Å². The van der Waals surface area contributed by atoms with Crippen molar-refractivity contribution >= 4 is 11.3 Å². The second-order valence-electron chi connectivity index (χ2n) is 3.10. The minimum Gasteiger partial charge on any atom is -0.317 e. The molecule has 0 unspecified atom stereocenters. The molecule has 0 bridgehead atoms. The van der Waals surface area contributed by atoms with Gasteiger partial charge in [-0.1, -0.05) is 25.2 Å². The molecular formula is C8H14N2OS. The minimum absolute atomic E-state index is 0.0352. The van der Waals surface area contributed by atoms with E-state index >= 15 is 0 Å². The highest BCUT2D eigenvalue weighted by atomic mass is 32.1. The number of rotatable bonds is 3. The highest BCUT2D eigenvalue weighted by molar-refractivity contribution is 7.09. The lowest BCUT2D eigenvalue weighted by Gasteiger charge is -2.05. The maximum atomic E-state index is 10.9. The fourth-order valence-corrected chi connectivity index (χ4v) is 1.69. The van der Waals surface area contributed by atoms with Crippen LogP contribution in [0.15, 0.2) is 4.79 Å². The zero-order valence-corrected chi connectivity index (χ0v) is 8.42. The predicted molar refractivity (Wildman–Crippen MR) is 51.7 cm³/mol. The Hall–Kier alpha value is -0.610. The van der Waals surface area contributed by atoms with Crippen LogP contribution in [0.25, 0.3) is 0 Å². The molecule has 0 radical (unpaired) electrons. The minimum atomic E-state index is 0.0352. The molecule has 2 N–H and O–H groups in total. The predicted octanol–water partition coefficient (Wildman–Crippen LogP) is 1.24. The molecule has 0 amide bonds. The Morgan fingerprint density at radius 2 is 2.25 bits per heavy atom. The standard InChI is InChI=1S/C8H14N2OS/c1-5(2)9-4-7-6(3)10-8(11)12-7/h5,9H,4H2,1-3H3,(H,10,11). The number of hydrogen-bond acceptors (Lipinski definition) is 3. The maximum Gasteiger partial charge on any atom is 0.304 e. The van der Waals surface area contributed by atoms with Crippen LogP contribution in [-0.2, 0) is 6.54 Å². The van der Waals surface area contributed by atoms with Gasteiger partial charge in [0.15, 0.2) is 0 Å². The average molecular weight is 186 g/mol. The summed E-state index contributed by atoms with van der Waals surface area (Å²) in [6, 6.07) is 0.460. The van der Waals surface area contributed by atoms with Crippen molar-refractivity contribution in [3.8, 4) is 0 Å². The van der Waals surface area contributed by atoms with Gasteiger partial charge in [-0.3, -0.25) is 4.79 Å². The molecule has 1 rings (SSSR count). The van der Waals surface area contributed by atoms with Gasteiger partial charge in [0.2, 0.25) is 0 Å². The zero-order chi connectivity index (χ0) is 9.14. The molecule has 3 nitrogen and oxygen atoms in total. The Morgan fingerprint density at radius 3 is 2.67 bits per heavy atom. The fraction of sp³-hybridized carbons (Fsp3) is 0.625. The van der Waals surface area contributed by atoms with E-state index in [1.807, 2.05) is 6.92 Å². The summed E-state index contributed by atoms with van der Waals surface area (Å²) in [5, 5.41) is 3.27. The van der Waals surface area contributed by atoms with Crippen LogP contribution in [0.1, 0.15) is 24.4 Å². The van der Waals surface area contributed by atoms with Gasteiger partial charge >= 0.3 is 4.87 Å². The second-order valence-corrected chi connectivity index (χ2v) is 4.17. The molecule has 0 spiro atoms. The summed E-state index contributed by atoms with van der Waals surface area (Å²) < 4.78 is 0. The van der Waals surface area contributed by atoms with Crippen LogP contribution >= 0.6 is 11.3 Å². The van der Waals surface area contributed by atoms with Gasteiger partial charge in [-0.25, -0.2) is 0 Å². The van der Waals surface area contributed by atoms with E-state index in [0.29, 0.717) is 6.04 Å². The van der Waals surface area contributed by atoms with E-state index in [4.69, 9.17) is 0 Å². The second kappa shape index (κ2) is 3.87. The number of aromatic amines is 1. The first-order valence-electron chi connectivity index (χ1n) is 4.01. The first-order valence-corrected chi connectivity index (χ1v) is 4.83. The number of thiazole rings is 1. The zero-order valence-electron chi connectivity index (χ0n) is 7.60.